The van der Waals surface area contributed by atoms with E-state index in [1.54, 1.807) is 6.07 Å². The average Bonchev–Trinajstić information content (AvgIpc) is 3.59. The molecule has 2 aliphatic heterocycles. The molecule has 1 amide bonds. The number of imidazole rings is 1. The number of nitrogens with one attached hydrogen (secondary N) is 1. The summed E-state index contributed by atoms with van der Waals surface area (Å²) in [6.07, 6.45) is -3.72. The first-order valence-corrected chi connectivity index (χ1v) is 11.2. The molecule has 2 aromatic heterocycles. The summed E-state index contributed by atoms with van der Waals surface area (Å²) in [7, 11) is 2.02. The standard InChI is InChI=1S/C17H23N5O3.2C2HF3O2/c1-21-7-5-18-16(21)10-22-6-3-12-11-24-15(13(12)9-22)8-19-17(23)14-2-4-20-25-14;2*3-2(4,5)1(6)7/h2,4-5,7,12-13,15H,3,6,8-11H2,1H3,(H,19,23);2*(H,6,7)/t12-,13-,15+;;/m0../s1. The fourth-order valence-electron chi connectivity index (χ4n) is 3.82. The van der Waals surface area contributed by atoms with Crippen LogP contribution in [0, 0.1) is 11.8 Å². The normalized spacial score (nSPS) is 21.1. The van der Waals surface area contributed by atoms with Crippen molar-refractivity contribution in [1.29, 1.82) is 0 Å². The number of hydrogen-bond donors (Lipinski definition) is 3. The summed E-state index contributed by atoms with van der Waals surface area (Å²) in [6.45, 7) is 4.17. The SMILES string of the molecule is Cn1ccnc1CN1CC[C@H]2CO[C@H](CNC(=O)c3ccno3)[C@H]2C1.O=C(O)C(F)(F)F.O=C(O)C(F)(F)F. The van der Waals surface area contributed by atoms with Crippen molar-refractivity contribution >= 4 is 17.8 Å². The van der Waals surface area contributed by atoms with Crippen LogP contribution in [0.15, 0.2) is 29.2 Å². The van der Waals surface area contributed by atoms with Crippen LogP contribution in [0.5, 0.6) is 0 Å². The van der Waals surface area contributed by atoms with Crippen LogP contribution >= 0.6 is 0 Å². The second-order valence-electron chi connectivity index (χ2n) is 8.47. The topological polar surface area (TPSA) is 160 Å². The molecule has 0 unspecified atom stereocenters. The van der Waals surface area contributed by atoms with Crippen LogP contribution in [0.4, 0.5) is 26.3 Å². The smallest absolute Gasteiger partial charge is 0.475 e. The number of aryl methyl sites for hydroxylation is 1. The zero-order valence-electron chi connectivity index (χ0n) is 20.3. The third-order valence-corrected chi connectivity index (χ3v) is 5.79. The molecule has 4 rings (SSSR count). The Hall–Kier alpha value is -3.67. The second kappa shape index (κ2) is 13.4. The number of piperidine rings is 1. The van der Waals surface area contributed by atoms with Crippen molar-refractivity contribution in [2.24, 2.45) is 18.9 Å². The van der Waals surface area contributed by atoms with E-state index in [-0.39, 0.29) is 17.8 Å². The van der Waals surface area contributed by atoms with Gasteiger partial charge >= 0.3 is 24.3 Å². The van der Waals surface area contributed by atoms with Gasteiger partial charge in [0, 0.05) is 44.5 Å². The monoisotopic (exact) mass is 573 g/mol. The number of carboxylic acid groups (broad SMARTS) is 2. The molecule has 12 nitrogen and oxygen atoms in total. The molecule has 0 saturated carbocycles. The van der Waals surface area contributed by atoms with Crippen molar-refractivity contribution in [2.45, 2.75) is 31.4 Å². The lowest BCUT2D eigenvalue weighted by atomic mass is 9.84. The van der Waals surface area contributed by atoms with Gasteiger partial charge in [0.2, 0.25) is 5.76 Å². The number of carbonyl (C=O) groups is 3. The van der Waals surface area contributed by atoms with E-state index >= 15 is 0 Å². The van der Waals surface area contributed by atoms with Crippen LogP contribution in [0.3, 0.4) is 0 Å². The van der Waals surface area contributed by atoms with Gasteiger partial charge in [0.25, 0.3) is 5.91 Å². The molecule has 0 aromatic carbocycles. The number of ether oxygens (including phenoxy) is 1. The van der Waals surface area contributed by atoms with Gasteiger partial charge in [-0.1, -0.05) is 5.16 Å². The van der Waals surface area contributed by atoms with Gasteiger partial charge in [0.05, 0.1) is 25.5 Å². The van der Waals surface area contributed by atoms with Crippen molar-refractivity contribution in [3.05, 3.63) is 36.2 Å². The van der Waals surface area contributed by atoms with Gasteiger partial charge < -0.3 is 29.4 Å². The first kappa shape index (κ1) is 31.5. The Bertz CT molecular complexity index is 1070. The fourth-order valence-corrected chi connectivity index (χ4v) is 3.82. The molecule has 18 heteroatoms. The summed E-state index contributed by atoms with van der Waals surface area (Å²) in [6, 6.07) is 1.56. The number of aliphatic carboxylic acids is 2. The highest BCUT2D eigenvalue weighted by Crippen LogP contribution is 2.34. The minimum atomic E-state index is -5.08. The molecule has 0 aliphatic carbocycles. The highest BCUT2D eigenvalue weighted by Gasteiger charge is 2.41. The molecular weight excluding hydrogens is 548 g/mol. The summed E-state index contributed by atoms with van der Waals surface area (Å²) in [5.74, 6) is -3.44. The summed E-state index contributed by atoms with van der Waals surface area (Å²) in [5.41, 5.74) is 0. The molecule has 3 atom stereocenters. The Labute approximate surface area is 216 Å². The molecule has 0 radical (unpaired) electrons. The number of aromatic nitrogens is 3. The molecule has 0 bridgehead atoms. The first-order chi connectivity index (χ1) is 18.1. The molecule has 0 spiro atoms. The summed E-state index contributed by atoms with van der Waals surface area (Å²) < 4.78 is 76.4. The van der Waals surface area contributed by atoms with Crippen molar-refractivity contribution in [3.8, 4) is 0 Å². The minimum Gasteiger partial charge on any atom is -0.475 e. The Morgan fingerprint density at radius 1 is 1.10 bits per heavy atom. The van der Waals surface area contributed by atoms with E-state index in [9.17, 15) is 31.1 Å². The third kappa shape index (κ3) is 9.86. The Morgan fingerprint density at radius 2 is 1.72 bits per heavy atom. The number of hydrogen-bond acceptors (Lipinski definition) is 8. The van der Waals surface area contributed by atoms with Gasteiger partial charge in [-0.25, -0.2) is 14.6 Å². The fraction of sp³-hybridized carbons (Fsp3) is 0.571. The van der Waals surface area contributed by atoms with Crippen LogP contribution in [0.25, 0.3) is 0 Å². The molecule has 218 valence electrons. The zero-order chi connectivity index (χ0) is 29.4. The second-order valence-corrected chi connectivity index (χ2v) is 8.47. The van der Waals surface area contributed by atoms with Crippen LogP contribution in [0.1, 0.15) is 22.8 Å². The van der Waals surface area contributed by atoms with Crippen LogP contribution < -0.4 is 5.32 Å². The van der Waals surface area contributed by atoms with Gasteiger partial charge in [-0.2, -0.15) is 26.3 Å². The maximum Gasteiger partial charge on any atom is 0.490 e. The molecule has 39 heavy (non-hydrogen) atoms. The lowest BCUT2D eigenvalue weighted by molar-refractivity contribution is -0.193. The summed E-state index contributed by atoms with van der Waals surface area (Å²) >= 11 is 0. The number of fused-ring (bicyclic) bond motifs is 1. The predicted molar refractivity (Wildman–Crippen MR) is 116 cm³/mol. The van der Waals surface area contributed by atoms with Crippen molar-refractivity contribution in [3.63, 3.8) is 0 Å². The van der Waals surface area contributed by atoms with Crippen molar-refractivity contribution in [2.75, 3.05) is 26.2 Å². The number of halogens is 6. The summed E-state index contributed by atoms with van der Waals surface area (Å²) in [4.78, 5) is 36.7. The first-order valence-electron chi connectivity index (χ1n) is 11.2. The van der Waals surface area contributed by atoms with Gasteiger partial charge in [0.15, 0.2) is 0 Å². The number of alkyl halides is 6. The minimum absolute atomic E-state index is 0.0426. The average molecular weight is 573 g/mol. The lowest BCUT2D eigenvalue weighted by Crippen LogP contribution is -2.45. The number of carboxylic acids is 2. The van der Waals surface area contributed by atoms with Crippen molar-refractivity contribution < 1.29 is 60.2 Å². The highest BCUT2D eigenvalue weighted by atomic mass is 19.4. The maximum absolute atomic E-state index is 12.0. The number of rotatable bonds is 5. The molecule has 2 saturated heterocycles. The Balaban J connectivity index is 0.000000317. The number of amides is 1. The predicted octanol–water partition coefficient (Wildman–Crippen LogP) is 1.94. The molecule has 2 aliphatic rings. The zero-order valence-corrected chi connectivity index (χ0v) is 20.3. The largest absolute Gasteiger partial charge is 0.490 e. The van der Waals surface area contributed by atoms with E-state index in [0.29, 0.717) is 18.4 Å². The molecule has 2 fully saturated rings. The summed E-state index contributed by atoms with van der Waals surface area (Å²) in [5, 5.41) is 20.7. The van der Waals surface area contributed by atoms with E-state index in [4.69, 9.17) is 29.1 Å². The van der Waals surface area contributed by atoms with Crippen molar-refractivity contribution in [1.82, 2.24) is 24.9 Å². The van der Waals surface area contributed by atoms with Crippen LogP contribution in [-0.4, -0.2) is 92.4 Å². The maximum atomic E-state index is 12.0. The van der Waals surface area contributed by atoms with E-state index in [0.717, 1.165) is 38.5 Å². The van der Waals surface area contributed by atoms with E-state index in [1.165, 1.54) is 6.20 Å². The Kier molecular flexibility index (Phi) is 10.8. The molecule has 4 heterocycles. The number of nitrogens with zero attached hydrogens (tertiary/aromatic N) is 4. The van der Waals surface area contributed by atoms with E-state index in [1.807, 2.05) is 19.4 Å². The number of carbonyl (C=O) groups excluding carboxylic acids is 1. The van der Waals surface area contributed by atoms with E-state index < -0.39 is 24.3 Å². The van der Waals surface area contributed by atoms with Gasteiger partial charge in [-0.3, -0.25) is 9.69 Å². The number of likely N-dealkylation sites (tertiary alicyclic amines) is 1. The van der Waals surface area contributed by atoms with Gasteiger partial charge in [-0.15, -0.1) is 0 Å². The lowest BCUT2D eigenvalue weighted by Gasteiger charge is -2.35. The van der Waals surface area contributed by atoms with Gasteiger partial charge in [-0.05, 0) is 18.9 Å². The molecule has 3 N–H and O–H groups in total. The highest BCUT2D eigenvalue weighted by molar-refractivity contribution is 5.91. The van der Waals surface area contributed by atoms with Gasteiger partial charge in [0.1, 0.15) is 5.82 Å². The quantitative estimate of drug-likeness (QED) is 0.451. The third-order valence-electron chi connectivity index (χ3n) is 5.79. The van der Waals surface area contributed by atoms with E-state index in [2.05, 4.69) is 24.9 Å². The molecule has 2 aromatic rings. The van der Waals surface area contributed by atoms with Crippen LogP contribution in [0.2, 0.25) is 0 Å². The van der Waals surface area contributed by atoms with Crippen LogP contribution in [-0.2, 0) is 27.9 Å². The molecular formula is C21H25F6N5O7. The Morgan fingerprint density at radius 3 is 2.21 bits per heavy atom.